The van der Waals surface area contributed by atoms with Gasteiger partial charge in [0.05, 0.1) is 5.52 Å². The van der Waals surface area contributed by atoms with Crippen LogP contribution < -0.4 is 5.43 Å². The van der Waals surface area contributed by atoms with Crippen molar-refractivity contribution in [1.29, 1.82) is 0 Å². The van der Waals surface area contributed by atoms with Crippen LogP contribution in [0.25, 0.3) is 10.9 Å². The molecule has 1 N–H and O–H groups in total. The zero-order chi connectivity index (χ0) is 16.8. The van der Waals surface area contributed by atoms with E-state index in [1.807, 2.05) is 19.1 Å². The number of ether oxygens (including phenoxy) is 1. The number of hydrogen-bond donors (Lipinski definition) is 1. The molecule has 0 fully saturated rings. The number of carboxylic acids is 1. The number of aldehydes is 1. The summed E-state index contributed by atoms with van der Waals surface area (Å²) in [6, 6.07) is 5.51. The highest BCUT2D eigenvalue weighted by Crippen LogP contribution is 2.16. The van der Waals surface area contributed by atoms with Crippen LogP contribution >= 0.6 is 0 Å². The van der Waals surface area contributed by atoms with Crippen molar-refractivity contribution in [3.05, 3.63) is 45.7 Å². The number of carbonyl (C=O) groups is 2. The minimum atomic E-state index is -1.22. The fraction of sp³-hybridized carbons (Fsp3) is 0.353. The molecule has 0 aliphatic carbocycles. The van der Waals surface area contributed by atoms with Crippen LogP contribution in [0, 0.1) is 0 Å². The fourth-order valence-corrected chi connectivity index (χ4v) is 2.52. The van der Waals surface area contributed by atoms with E-state index in [1.165, 1.54) is 6.20 Å². The third-order valence-corrected chi connectivity index (χ3v) is 3.66. The Hall–Kier alpha value is -2.47. The Balaban J connectivity index is 2.33. The third-order valence-electron chi connectivity index (χ3n) is 3.66. The number of rotatable bonds is 8. The van der Waals surface area contributed by atoms with Gasteiger partial charge in [0.1, 0.15) is 18.5 Å². The topological polar surface area (TPSA) is 85.6 Å². The number of benzene rings is 1. The standard InChI is InChI=1S/C17H19NO5/c1-2-18-11-14(17(21)22)16(20)13-10-12(5-6-15(13)18)4-3-8-23-9-7-19/h5-7,10-11H,2-4,8-9H2,1H3,(H,21,22). The number of hydrogen-bond acceptors (Lipinski definition) is 4. The summed E-state index contributed by atoms with van der Waals surface area (Å²) in [6.45, 7) is 3.02. The molecule has 0 bridgehead atoms. The molecule has 1 aromatic heterocycles. The van der Waals surface area contributed by atoms with Crippen LogP contribution in [0.1, 0.15) is 29.3 Å². The Morgan fingerprint density at radius 2 is 2.17 bits per heavy atom. The molecule has 0 unspecified atom stereocenters. The van der Waals surface area contributed by atoms with E-state index in [2.05, 4.69) is 0 Å². The minimum absolute atomic E-state index is 0.0842. The van der Waals surface area contributed by atoms with Crippen LogP contribution in [0.5, 0.6) is 0 Å². The molecule has 0 amide bonds. The van der Waals surface area contributed by atoms with Gasteiger partial charge in [-0.15, -0.1) is 0 Å². The number of pyridine rings is 1. The third kappa shape index (κ3) is 3.84. The average molecular weight is 317 g/mol. The summed E-state index contributed by atoms with van der Waals surface area (Å²) in [4.78, 5) is 33.7. The monoisotopic (exact) mass is 317 g/mol. The molecule has 0 spiro atoms. The van der Waals surface area contributed by atoms with Gasteiger partial charge in [-0.2, -0.15) is 0 Å². The molecule has 23 heavy (non-hydrogen) atoms. The van der Waals surface area contributed by atoms with Crippen LogP contribution in [0.2, 0.25) is 0 Å². The summed E-state index contributed by atoms with van der Waals surface area (Å²) < 4.78 is 6.85. The van der Waals surface area contributed by atoms with Gasteiger partial charge in [0.25, 0.3) is 0 Å². The predicted octanol–water partition coefficient (Wildman–Crippen LogP) is 1.87. The first kappa shape index (κ1) is 16.9. The van der Waals surface area contributed by atoms with Crippen molar-refractivity contribution < 1.29 is 19.4 Å². The second kappa shape index (κ2) is 7.69. The summed E-state index contributed by atoms with van der Waals surface area (Å²) in [5.74, 6) is -1.22. The van der Waals surface area contributed by atoms with Crippen LogP contribution in [0.4, 0.5) is 0 Å². The number of nitrogens with zero attached hydrogens (tertiary/aromatic N) is 1. The van der Waals surface area contributed by atoms with E-state index in [4.69, 9.17) is 4.74 Å². The Morgan fingerprint density at radius 3 is 2.83 bits per heavy atom. The molecule has 1 aromatic carbocycles. The van der Waals surface area contributed by atoms with E-state index in [0.29, 0.717) is 31.2 Å². The maximum Gasteiger partial charge on any atom is 0.341 e. The molecular weight excluding hydrogens is 298 g/mol. The number of fused-ring (bicyclic) bond motifs is 1. The van der Waals surface area contributed by atoms with Crippen LogP contribution in [-0.4, -0.2) is 35.1 Å². The Labute approximate surface area is 133 Å². The van der Waals surface area contributed by atoms with Gasteiger partial charge in [0.2, 0.25) is 5.43 Å². The molecule has 0 aliphatic heterocycles. The Kier molecular flexibility index (Phi) is 5.65. The second-order valence-electron chi connectivity index (χ2n) is 5.16. The summed E-state index contributed by atoms with van der Waals surface area (Å²) in [6.07, 6.45) is 3.51. The van der Waals surface area contributed by atoms with Crippen LogP contribution in [-0.2, 0) is 22.5 Å². The molecule has 6 nitrogen and oxygen atoms in total. The summed E-state index contributed by atoms with van der Waals surface area (Å²) in [5, 5.41) is 9.59. The van der Waals surface area contributed by atoms with Gasteiger partial charge in [-0.3, -0.25) is 4.79 Å². The number of carbonyl (C=O) groups excluding carboxylic acids is 1. The van der Waals surface area contributed by atoms with E-state index < -0.39 is 11.4 Å². The summed E-state index contributed by atoms with van der Waals surface area (Å²) in [7, 11) is 0. The van der Waals surface area contributed by atoms with Crippen molar-refractivity contribution in [3.63, 3.8) is 0 Å². The van der Waals surface area contributed by atoms with Crippen LogP contribution in [0.3, 0.4) is 0 Å². The first-order valence-corrected chi connectivity index (χ1v) is 7.49. The van der Waals surface area contributed by atoms with Gasteiger partial charge in [-0.1, -0.05) is 6.07 Å². The first-order valence-electron chi connectivity index (χ1n) is 7.49. The molecule has 1 heterocycles. The fourth-order valence-electron chi connectivity index (χ4n) is 2.52. The largest absolute Gasteiger partial charge is 0.477 e. The lowest BCUT2D eigenvalue weighted by Crippen LogP contribution is -2.18. The normalized spacial score (nSPS) is 10.8. The van der Waals surface area contributed by atoms with Gasteiger partial charge in [-0.05, 0) is 37.5 Å². The SMILES string of the molecule is CCn1cc(C(=O)O)c(=O)c2cc(CCCOCC=O)ccc21. The highest BCUT2D eigenvalue weighted by molar-refractivity contribution is 5.92. The summed E-state index contributed by atoms with van der Waals surface area (Å²) >= 11 is 0. The quantitative estimate of drug-likeness (QED) is 0.593. The Morgan fingerprint density at radius 1 is 1.39 bits per heavy atom. The molecule has 0 saturated carbocycles. The first-order chi connectivity index (χ1) is 11.1. The number of carboxylic acid groups (broad SMARTS) is 1. The highest BCUT2D eigenvalue weighted by atomic mass is 16.5. The van der Waals surface area contributed by atoms with Gasteiger partial charge < -0.3 is 19.2 Å². The van der Waals surface area contributed by atoms with Gasteiger partial charge in [0, 0.05) is 24.7 Å². The predicted molar refractivity (Wildman–Crippen MR) is 86.0 cm³/mol. The maximum atomic E-state index is 12.3. The molecule has 6 heteroatoms. The maximum absolute atomic E-state index is 12.3. The van der Waals surface area contributed by atoms with E-state index in [0.717, 1.165) is 17.5 Å². The van der Waals surface area contributed by atoms with Gasteiger partial charge >= 0.3 is 5.97 Å². The number of aromatic carboxylic acids is 1. The minimum Gasteiger partial charge on any atom is -0.477 e. The molecule has 0 saturated heterocycles. The Bertz CT molecular complexity index is 778. The van der Waals surface area contributed by atoms with E-state index in [-0.39, 0.29) is 12.2 Å². The van der Waals surface area contributed by atoms with E-state index in [1.54, 1.807) is 10.6 Å². The molecule has 122 valence electrons. The van der Waals surface area contributed by atoms with Crippen molar-refractivity contribution in [2.75, 3.05) is 13.2 Å². The highest BCUT2D eigenvalue weighted by Gasteiger charge is 2.14. The van der Waals surface area contributed by atoms with Gasteiger partial charge in [0.15, 0.2) is 0 Å². The van der Waals surface area contributed by atoms with E-state index >= 15 is 0 Å². The van der Waals surface area contributed by atoms with E-state index in [9.17, 15) is 19.5 Å². The zero-order valence-electron chi connectivity index (χ0n) is 12.9. The molecular formula is C17H19NO5. The zero-order valence-corrected chi connectivity index (χ0v) is 12.9. The van der Waals surface area contributed by atoms with Gasteiger partial charge in [-0.25, -0.2) is 4.79 Å². The molecule has 2 rings (SSSR count). The van der Waals surface area contributed by atoms with Crippen molar-refractivity contribution in [1.82, 2.24) is 4.57 Å². The lowest BCUT2D eigenvalue weighted by atomic mass is 10.0. The lowest BCUT2D eigenvalue weighted by molar-refractivity contribution is -0.111. The van der Waals surface area contributed by atoms with Crippen molar-refractivity contribution in [2.45, 2.75) is 26.3 Å². The molecule has 0 radical (unpaired) electrons. The molecule has 0 atom stereocenters. The van der Waals surface area contributed by atoms with Crippen molar-refractivity contribution in [2.24, 2.45) is 0 Å². The van der Waals surface area contributed by atoms with Crippen molar-refractivity contribution >= 4 is 23.2 Å². The number of aromatic nitrogens is 1. The average Bonchev–Trinajstić information content (AvgIpc) is 2.55. The van der Waals surface area contributed by atoms with Crippen molar-refractivity contribution in [3.8, 4) is 0 Å². The molecule has 0 aliphatic rings. The lowest BCUT2D eigenvalue weighted by Gasteiger charge is -2.11. The molecule has 2 aromatic rings. The summed E-state index contributed by atoms with van der Waals surface area (Å²) in [5.41, 5.74) is 0.986. The number of aryl methyl sites for hydroxylation is 2. The smallest absolute Gasteiger partial charge is 0.341 e. The van der Waals surface area contributed by atoms with Crippen LogP contribution in [0.15, 0.2) is 29.2 Å². The second-order valence-corrected chi connectivity index (χ2v) is 5.16.